The molecular weight excluding hydrogens is 304 g/mol. The Kier molecular flexibility index (Phi) is 4.65. The van der Waals surface area contributed by atoms with Crippen molar-refractivity contribution in [2.75, 3.05) is 5.32 Å². The first kappa shape index (κ1) is 16.1. The van der Waals surface area contributed by atoms with Gasteiger partial charge in [0.15, 0.2) is 0 Å². The van der Waals surface area contributed by atoms with Gasteiger partial charge in [0.2, 0.25) is 5.88 Å². The van der Waals surface area contributed by atoms with Crippen molar-refractivity contribution < 1.29 is 28.6 Å². The van der Waals surface area contributed by atoms with Crippen molar-refractivity contribution in [3.63, 3.8) is 0 Å². The lowest BCUT2D eigenvalue weighted by Gasteiger charge is -2.06. The number of nitrogens with two attached hydrogens (primary N) is 1. The summed E-state index contributed by atoms with van der Waals surface area (Å²) >= 11 is 0. The Balaban J connectivity index is 2.13. The molecule has 0 unspecified atom stereocenters. The summed E-state index contributed by atoms with van der Waals surface area (Å²) in [5.74, 6) is -2.82. The number of hydrogen-bond acceptors (Lipinski definition) is 5. The number of carboxylic acid groups (broad SMARTS) is 1. The number of ether oxygens (including phenoxy) is 1. The van der Waals surface area contributed by atoms with Crippen LogP contribution in [0.5, 0.6) is 0 Å². The molecule has 23 heavy (non-hydrogen) atoms. The van der Waals surface area contributed by atoms with Crippen molar-refractivity contribution in [2.24, 2.45) is 5.73 Å². The van der Waals surface area contributed by atoms with Gasteiger partial charge in [-0.3, -0.25) is 10.1 Å². The second-order valence-corrected chi connectivity index (χ2v) is 4.59. The smallest absolute Gasteiger partial charge is 0.414 e. The van der Waals surface area contributed by atoms with Gasteiger partial charge < -0.3 is 20.0 Å². The van der Waals surface area contributed by atoms with Crippen LogP contribution in [0.25, 0.3) is 0 Å². The normalized spacial score (nSPS) is 10.1. The number of benzene rings is 1. The van der Waals surface area contributed by atoms with Crippen LogP contribution < -0.4 is 11.1 Å². The molecule has 120 valence electrons. The van der Waals surface area contributed by atoms with Gasteiger partial charge in [0.1, 0.15) is 23.5 Å². The lowest BCUT2D eigenvalue weighted by Crippen LogP contribution is -2.19. The number of nitrogens with one attached hydrogen (secondary N) is 1. The van der Waals surface area contributed by atoms with Crippen LogP contribution in [0.3, 0.4) is 0 Å². The van der Waals surface area contributed by atoms with E-state index in [4.69, 9.17) is 20.0 Å². The highest BCUT2D eigenvalue weighted by Crippen LogP contribution is 2.27. The van der Waals surface area contributed by atoms with E-state index in [9.17, 15) is 14.4 Å². The predicted molar refractivity (Wildman–Crippen MR) is 79.2 cm³/mol. The van der Waals surface area contributed by atoms with E-state index in [0.29, 0.717) is 0 Å². The van der Waals surface area contributed by atoms with Crippen LogP contribution in [0.1, 0.15) is 32.0 Å². The van der Waals surface area contributed by atoms with Crippen LogP contribution in [0.2, 0.25) is 0 Å². The highest BCUT2D eigenvalue weighted by atomic mass is 16.6. The summed E-state index contributed by atoms with van der Waals surface area (Å²) in [6.07, 6.45) is -0.901. The third-order valence-corrected chi connectivity index (χ3v) is 2.97. The standard InChI is InChI=1S/C15H14N2O6/c1-8-10(14(19)20)11(12(16)18)13(23-8)17-15(21)22-7-9-5-3-2-4-6-9/h2-6H,7H2,1H3,(H2,16,18)(H,17,21)(H,19,20). The summed E-state index contributed by atoms with van der Waals surface area (Å²) in [5.41, 5.74) is 5.11. The molecule has 1 heterocycles. The molecule has 0 atom stereocenters. The number of anilines is 1. The Labute approximate surface area is 130 Å². The van der Waals surface area contributed by atoms with Gasteiger partial charge in [0.25, 0.3) is 5.91 Å². The first-order chi connectivity index (χ1) is 10.9. The molecule has 0 aliphatic carbocycles. The van der Waals surface area contributed by atoms with Gasteiger partial charge in [-0.25, -0.2) is 9.59 Å². The number of furan rings is 1. The van der Waals surface area contributed by atoms with Crippen LogP contribution in [0.15, 0.2) is 34.7 Å². The highest BCUT2D eigenvalue weighted by molar-refractivity contribution is 6.09. The van der Waals surface area contributed by atoms with Gasteiger partial charge in [-0.05, 0) is 12.5 Å². The van der Waals surface area contributed by atoms with E-state index in [2.05, 4.69) is 5.32 Å². The first-order valence-corrected chi connectivity index (χ1v) is 6.54. The molecule has 0 saturated carbocycles. The molecule has 2 aromatic rings. The molecule has 1 aromatic carbocycles. The van der Waals surface area contributed by atoms with Crippen LogP contribution in [0.4, 0.5) is 10.7 Å². The van der Waals surface area contributed by atoms with Crippen LogP contribution >= 0.6 is 0 Å². The number of amides is 2. The quantitative estimate of drug-likeness (QED) is 0.773. The Bertz CT molecular complexity index is 751. The third-order valence-electron chi connectivity index (χ3n) is 2.97. The number of carbonyl (C=O) groups excluding carboxylic acids is 2. The Morgan fingerprint density at radius 1 is 1.22 bits per heavy atom. The molecule has 1 aromatic heterocycles. The zero-order chi connectivity index (χ0) is 17.0. The summed E-state index contributed by atoms with van der Waals surface area (Å²) in [5, 5.41) is 11.3. The predicted octanol–water partition coefficient (Wildman–Crippen LogP) is 2.13. The molecule has 4 N–H and O–H groups in total. The number of primary amides is 1. The lowest BCUT2D eigenvalue weighted by molar-refractivity contribution is 0.0690. The fraction of sp³-hybridized carbons (Fsp3) is 0.133. The Morgan fingerprint density at radius 2 is 1.87 bits per heavy atom. The minimum absolute atomic E-state index is 0.00402. The van der Waals surface area contributed by atoms with Crippen molar-refractivity contribution in [1.29, 1.82) is 0 Å². The molecule has 0 aliphatic heterocycles. The van der Waals surface area contributed by atoms with E-state index in [1.165, 1.54) is 6.92 Å². The molecule has 0 aliphatic rings. The van der Waals surface area contributed by atoms with Crippen molar-refractivity contribution in [3.05, 3.63) is 52.8 Å². The van der Waals surface area contributed by atoms with Crippen molar-refractivity contribution in [3.8, 4) is 0 Å². The SMILES string of the molecule is Cc1oc(NC(=O)OCc2ccccc2)c(C(N)=O)c1C(=O)O. The molecule has 8 nitrogen and oxygen atoms in total. The summed E-state index contributed by atoms with van der Waals surface area (Å²) < 4.78 is 10.1. The van der Waals surface area contributed by atoms with Gasteiger partial charge in [-0.15, -0.1) is 0 Å². The monoisotopic (exact) mass is 318 g/mol. The van der Waals surface area contributed by atoms with Crippen molar-refractivity contribution in [2.45, 2.75) is 13.5 Å². The van der Waals surface area contributed by atoms with E-state index >= 15 is 0 Å². The number of aryl methyl sites for hydroxylation is 1. The fourth-order valence-electron chi connectivity index (χ4n) is 1.98. The van der Waals surface area contributed by atoms with E-state index in [0.717, 1.165) is 5.56 Å². The molecule has 8 heteroatoms. The fourth-order valence-corrected chi connectivity index (χ4v) is 1.98. The van der Waals surface area contributed by atoms with Gasteiger partial charge in [0, 0.05) is 0 Å². The molecule has 0 fully saturated rings. The van der Waals surface area contributed by atoms with Crippen LogP contribution in [-0.4, -0.2) is 23.1 Å². The van der Waals surface area contributed by atoms with Gasteiger partial charge >= 0.3 is 12.1 Å². The van der Waals surface area contributed by atoms with E-state index in [1.54, 1.807) is 24.3 Å². The lowest BCUT2D eigenvalue weighted by atomic mass is 10.1. The van der Waals surface area contributed by atoms with E-state index in [1.807, 2.05) is 6.07 Å². The molecule has 0 radical (unpaired) electrons. The second-order valence-electron chi connectivity index (χ2n) is 4.59. The number of carboxylic acids is 1. The number of carbonyl (C=O) groups is 3. The van der Waals surface area contributed by atoms with Crippen LogP contribution in [-0.2, 0) is 11.3 Å². The van der Waals surface area contributed by atoms with Gasteiger partial charge in [0.05, 0.1) is 0 Å². The molecular formula is C15H14N2O6. The van der Waals surface area contributed by atoms with Gasteiger partial charge in [-0.1, -0.05) is 30.3 Å². The van der Waals surface area contributed by atoms with Crippen molar-refractivity contribution in [1.82, 2.24) is 0 Å². The number of aromatic carboxylic acids is 1. The topological polar surface area (TPSA) is 132 Å². The summed E-state index contributed by atoms with van der Waals surface area (Å²) in [4.78, 5) is 34.3. The maximum atomic E-state index is 11.8. The number of rotatable bonds is 5. The minimum Gasteiger partial charge on any atom is -0.478 e. The summed E-state index contributed by atoms with van der Waals surface area (Å²) in [7, 11) is 0. The third kappa shape index (κ3) is 3.67. The first-order valence-electron chi connectivity index (χ1n) is 6.54. The average molecular weight is 318 g/mol. The zero-order valence-corrected chi connectivity index (χ0v) is 12.2. The molecule has 0 spiro atoms. The Hall–Kier alpha value is -3.29. The number of hydrogen-bond donors (Lipinski definition) is 3. The molecule has 2 rings (SSSR count). The van der Waals surface area contributed by atoms with E-state index in [-0.39, 0.29) is 18.3 Å². The largest absolute Gasteiger partial charge is 0.478 e. The van der Waals surface area contributed by atoms with Gasteiger partial charge in [-0.2, -0.15) is 0 Å². The van der Waals surface area contributed by atoms with E-state index < -0.39 is 29.1 Å². The maximum Gasteiger partial charge on any atom is 0.414 e. The molecule has 0 bridgehead atoms. The highest BCUT2D eigenvalue weighted by Gasteiger charge is 2.28. The van der Waals surface area contributed by atoms with Crippen molar-refractivity contribution >= 4 is 23.9 Å². The summed E-state index contributed by atoms with van der Waals surface area (Å²) in [6.45, 7) is 1.35. The second kappa shape index (κ2) is 6.65. The minimum atomic E-state index is -1.38. The summed E-state index contributed by atoms with van der Waals surface area (Å²) in [6, 6.07) is 8.93. The Morgan fingerprint density at radius 3 is 2.43 bits per heavy atom. The average Bonchev–Trinajstić information content (AvgIpc) is 2.82. The molecule has 2 amide bonds. The maximum absolute atomic E-state index is 11.8. The van der Waals surface area contributed by atoms with Crippen LogP contribution in [0, 0.1) is 6.92 Å². The molecule has 0 saturated heterocycles. The zero-order valence-electron chi connectivity index (χ0n) is 12.2.